The number of carbonyl (C=O) groups is 2. The number of carbonyl (C=O) groups excluding carboxylic acids is 2. The second-order valence-electron chi connectivity index (χ2n) is 11.2. The topological polar surface area (TPSA) is 139 Å². The number of halogens is 2. The summed E-state index contributed by atoms with van der Waals surface area (Å²) in [5, 5.41) is 12.7. The first kappa shape index (κ1) is 34.4. The molecule has 1 aliphatic rings. The van der Waals surface area contributed by atoms with Crippen molar-refractivity contribution in [3.8, 4) is 0 Å². The largest absolute Gasteiger partial charge is 0.445 e. The fourth-order valence-corrected chi connectivity index (χ4v) is 7.23. The van der Waals surface area contributed by atoms with Crippen molar-refractivity contribution in [3.05, 3.63) is 71.3 Å². The van der Waals surface area contributed by atoms with Crippen LogP contribution >= 0.6 is 0 Å². The lowest BCUT2D eigenvalue weighted by atomic mass is 10.0. The Morgan fingerprint density at radius 2 is 1.65 bits per heavy atom. The van der Waals surface area contributed by atoms with Crippen LogP contribution in [-0.4, -0.2) is 72.2 Å². The first-order valence-electron chi connectivity index (χ1n) is 14.8. The van der Waals surface area contributed by atoms with Crippen molar-refractivity contribution < 1.29 is 36.6 Å². The summed E-state index contributed by atoms with van der Waals surface area (Å²) < 4.78 is 59.6. The van der Waals surface area contributed by atoms with Crippen LogP contribution in [0.15, 0.2) is 48.5 Å². The normalized spacial score (nSPS) is 15.5. The van der Waals surface area contributed by atoms with Gasteiger partial charge in [-0.3, -0.25) is 4.79 Å². The van der Waals surface area contributed by atoms with E-state index in [1.54, 1.807) is 24.3 Å². The van der Waals surface area contributed by atoms with Gasteiger partial charge in [0.2, 0.25) is 5.91 Å². The van der Waals surface area contributed by atoms with Crippen LogP contribution in [0.1, 0.15) is 63.5 Å². The average molecular weight is 624 g/mol. The van der Waals surface area contributed by atoms with E-state index in [0.29, 0.717) is 44.1 Å². The fourth-order valence-electron chi connectivity index (χ4n) is 5.08. The third-order valence-corrected chi connectivity index (χ3v) is 9.76. The molecule has 0 aromatic heterocycles. The van der Waals surface area contributed by atoms with Crippen molar-refractivity contribution in [1.29, 1.82) is 0 Å². The molecule has 4 N–H and O–H groups in total. The molecule has 2 amide bonds. The van der Waals surface area contributed by atoms with Gasteiger partial charge < -0.3 is 25.8 Å². The quantitative estimate of drug-likeness (QED) is 0.243. The smallest absolute Gasteiger partial charge is 0.408 e. The number of sulfone groups is 1. The highest BCUT2D eigenvalue weighted by molar-refractivity contribution is 7.92. The molecule has 3 atom stereocenters. The molecule has 0 saturated heterocycles. The Morgan fingerprint density at radius 1 is 1.05 bits per heavy atom. The molecule has 0 radical (unpaired) electrons. The Balaban J connectivity index is 1.78. The molecule has 2 aromatic carbocycles. The number of aliphatic hydroxyl groups is 1. The van der Waals surface area contributed by atoms with E-state index in [9.17, 15) is 31.9 Å². The van der Waals surface area contributed by atoms with Crippen LogP contribution in [0.5, 0.6) is 0 Å². The Labute approximate surface area is 252 Å². The summed E-state index contributed by atoms with van der Waals surface area (Å²) in [5.41, 5.74) is 7.12. The number of aliphatic hydroxyl groups excluding tert-OH is 1. The summed E-state index contributed by atoms with van der Waals surface area (Å²) in [6.45, 7) is 3.46. The zero-order chi connectivity index (χ0) is 31.6. The Morgan fingerprint density at radius 3 is 2.21 bits per heavy atom. The number of benzene rings is 2. The lowest BCUT2D eigenvalue weighted by Gasteiger charge is -2.32. The first-order chi connectivity index (χ1) is 20.4. The van der Waals surface area contributed by atoms with E-state index in [-0.39, 0.29) is 31.2 Å². The number of ether oxygens (including phenoxy) is 1. The average Bonchev–Trinajstić information content (AvgIpc) is 3.79. The minimum Gasteiger partial charge on any atom is -0.445 e. The number of nitrogens with zero attached hydrogens (tertiary/aromatic N) is 1. The summed E-state index contributed by atoms with van der Waals surface area (Å²) in [7, 11) is -3.81. The predicted octanol–water partition coefficient (Wildman–Crippen LogP) is 3.87. The highest BCUT2D eigenvalue weighted by Crippen LogP contribution is 2.29. The molecule has 1 saturated carbocycles. The molecule has 0 aliphatic heterocycles. The van der Waals surface area contributed by atoms with Crippen LogP contribution in [-0.2, 0) is 32.4 Å². The minimum absolute atomic E-state index is 0.0554. The Bertz CT molecular complexity index is 1280. The molecule has 1 unspecified atom stereocenters. The zero-order valence-corrected chi connectivity index (χ0v) is 25.6. The highest BCUT2D eigenvalue weighted by Gasteiger charge is 2.41. The highest BCUT2D eigenvalue weighted by atomic mass is 32.2. The van der Waals surface area contributed by atoms with E-state index >= 15 is 0 Å². The molecular weight excluding hydrogens is 580 g/mol. The van der Waals surface area contributed by atoms with Gasteiger partial charge in [0, 0.05) is 24.7 Å². The van der Waals surface area contributed by atoms with Gasteiger partial charge in [0.1, 0.15) is 24.3 Å². The third kappa shape index (κ3) is 10.8. The van der Waals surface area contributed by atoms with Gasteiger partial charge in [-0.25, -0.2) is 22.0 Å². The minimum atomic E-state index is -3.81. The van der Waals surface area contributed by atoms with Gasteiger partial charge in [-0.05, 0) is 55.4 Å². The molecule has 43 heavy (non-hydrogen) atoms. The molecule has 0 bridgehead atoms. The Hall–Kier alpha value is -3.09. The second-order valence-corrected chi connectivity index (χ2v) is 13.5. The monoisotopic (exact) mass is 623 g/mol. The summed E-state index contributed by atoms with van der Waals surface area (Å²) in [6, 6.07) is 9.18. The van der Waals surface area contributed by atoms with E-state index < -0.39 is 62.7 Å². The first-order valence-corrected chi connectivity index (χ1v) is 16.5. The van der Waals surface area contributed by atoms with E-state index in [0.717, 1.165) is 18.2 Å². The number of hydrogen-bond acceptors (Lipinski definition) is 7. The molecule has 0 spiro atoms. The SMILES string of the molecule is CCCC(CCC)S(=O)(=O)CC(NC(=O)OCc1ccccc1)C(=O)N(C[C@@H](O)[C@@H](N)Cc1cc(F)cc(F)c1)C1CC1. The molecule has 2 aromatic rings. The number of hydrogen-bond donors (Lipinski definition) is 3. The van der Waals surface area contributed by atoms with Crippen molar-refractivity contribution in [2.75, 3.05) is 12.3 Å². The van der Waals surface area contributed by atoms with E-state index in [2.05, 4.69) is 5.32 Å². The van der Waals surface area contributed by atoms with E-state index in [1.165, 1.54) is 4.90 Å². The van der Waals surface area contributed by atoms with Crippen molar-refractivity contribution in [3.63, 3.8) is 0 Å². The Kier molecular flexibility index (Phi) is 12.9. The molecule has 1 aliphatic carbocycles. The molecule has 1 fully saturated rings. The van der Waals surface area contributed by atoms with Crippen molar-refractivity contribution >= 4 is 21.8 Å². The summed E-state index contributed by atoms with van der Waals surface area (Å²) >= 11 is 0. The number of nitrogens with one attached hydrogen (secondary N) is 1. The van der Waals surface area contributed by atoms with E-state index in [1.807, 2.05) is 19.9 Å². The summed E-state index contributed by atoms with van der Waals surface area (Å²) in [4.78, 5) is 28.1. The maximum Gasteiger partial charge on any atom is 0.408 e. The van der Waals surface area contributed by atoms with Gasteiger partial charge in [-0.2, -0.15) is 0 Å². The van der Waals surface area contributed by atoms with Crippen molar-refractivity contribution in [2.24, 2.45) is 5.73 Å². The van der Waals surface area contributed by atoms with Crippen molar-refractivity contribution in [1.82, 2.24) is 10.2 Å². The second kappa shape index (κ2) is 16.1. The third-order valence-electron chi connectivity index (χ3n) is 7.47. The predicted molar refractivity (Wildman–Crippen MR) is 160 cm³/mol. The van der Waals surface area contributed by atoms with Gasteiger partial charge in [-0.15, -0.1) is 0 Å². The maximum absolute atomic E-state index is 13.9. The van der Waals surface area contributed by atoms with Gasteiger partial charge in [0.05, 0.1) is 17.1 Å². The van der Waals surface area contributed by atoms with Gasteiger partial charge in [0.25, 0.3) is 0 Å². The number of amides is 2. The zero-order valence-electron chi connectivity index (χ0n) is 24.8. The van der Waals surface area contributed by atoms with Gasteiger partial charge in [0.15, 0.2) is 9.84 Å². The van der Waals surface area contributed by atoms with Crippen LogP contribution in [0.4, 0.5) is 13.6 Å². The maximum atomic E-state index is 13.9. The molecule has 3 rings (SSSR count). The number of alkyl carbamates (subject to hydrolysis) is 1. The van der Waals surface area contributed by atoms with Gasteiger partial charge in [-0.1, -0.05) is 57.0 Å². The summed E-state index contributed by atoms with van der Waals surface area (Å²) in [6.07, 6.45) is 1.12. The van der Waals surface area contributed by atoms with Crippen LogP contribution in [0.25, 0.3) is 0 Å². The van der Waals surface area contributed by atoms with Crippen LogP contribution < -0.4 is 11.1 Å². The lowest BCUT2D eigenvalue weighted by molar-refractivity contribution is -0.135. The van der Waals surface area contributed by atoms with E-state index in [4.69, 9.17) is 10.5 Å². The molecule has 9 nitrogen and oxygen atoms in total. The van der Waals surface area contributed by atoms with Crippen LogP contribution in [0, 0.1) is 11.6 Å². The number of nitrogens with two attached hydrogens (primary N) is 1. The standard InChI is InChI=1S/C31H43F2N3O6S/c1-3-8-26(9-4-2)43(40,41)20-28(35-31(39)42-19-21-10-6-5-7-11-21)30(38)36(25-12-13-25)18-29(37)27(34)16-22-14-23(32)17-24(33)15-22/h5-7,10-11,14-15,17,25-29,37H,3-4,8-9,12-13,16,18-20,34H2,1-2H3,(H,35,39)/t27-,28?,29+/m0/s1. The summed E-state index contributed by atoms with van der Waals surface area (Å²) in [5.74, 6) is -2.84. The number of rotatable bonds is 17. The van der Waals surface area contributed by atoms with Crippen LogP contribution in [0.2, 0.25) is 0 Å². The molecule has 12 heteroatoms. The molecular formula is C31H43F2N3O6S. The van der Waals surface area contributed by atoms with Crippen LogP contribution in [0.3, 0.4) is 0 Å². The fraction of sp³-hybridized carbons (Fsp3) is 0.548. The molecule has 238 valence electrons. The van der Waals surface area contributed by atoms with Crippen molar-refractivity contribution in [2.45, 2.75) is 94.9 Å². The lowest BCUT2D eigenvalue weighted by Crippen LogP contribution is -2.56. The molecule has 0 heterocycles. The van der Waals surface area contributed by atoms with Gasteiger partial charge >= 0.3 is 6.09 Å².